The first-order chi connectivity index (χ1) is 13.2. The Hall–Kier alpha value is -3.88. The molecule has 134 valence electrons. The minimum atomic E-state index is 0.566. The predicted molar refractivity (Wildman–Crippen MR) is 104 cm³/mol. The molecule has 0 spiro atoms. The molecule has 0 aromatic carbocycles. The maximum atomic E-state index is 4.36. The van der Waals surface area contributed by atoms with Crippen molar-refractivity contribution in [2.45, 2.75) is 0 Å². The predicted octanol–water partition coefficient (Wildman–Crippen LogP) is 2.12. The minimum absolute atomic E-state index is 0.566. The van der Waals surface area contributed by atoms with Crippen LogP contribution in [0.4, 0.5) is 11.6 Å². The van der Waals surface area contributed by atoms with Crippen molar-refractivity contribution in [1.82, 2.24) is 29.7 Å². The normalized spacial score (nSPS) is 11.2. The maximum Gasteiger partial charge on any atom is 0.170 e. The third kappa shape index (κ3) is 3.43. The molecule has 27 heavy (non-hydrogen) atoms. The topological polar surface area (TPSA) is 97.0 Å². The van der Waals surface area contributed by atoms with Crippen LogP contribution in [0.2, 0.25) is 0 Å². The van der Waals surface area contributed by atoms with Crippen molar-refractivity contribution in [3.8, 4) is 5.82 Å². The number of hydrazone groups is 1. The zero-order chi connectivity index (χ0) is 18.6. The van der Waals surface area contributed by atoms with Crippen LogP contribution in [-0.2, 0) is 0 Å². The minimum Gasteiger partial charge on any atom is -0.363 e. The SMILES string of the molecule is CN(C)c1ccc(C=NNc2ncnc3c2cnn3-c2ccccn2)cn1. The van der Waals surface area contributed by atoms with Gasteiger partial charge in [-0.25, -0.2) is 19.9 Å². The number of hydrogen-bond acceptors (Lipinski definition) is 8. The van der Waals surface area contributed by atoms with Gasteiger partial charge in [-0.2, -0.15) is 14.9 Å². The van der Waals surface area contributed by atoms with E-state index in [1.54, 1.807) is 29.5 Å². The van der Waals surface area contributed by atoms with E-state index in [-0.39, 0.29) is 0 Å². The Morgan fingerprint density at radius 1 is 1.04 bits per heavy atom. The van der Waals surface area contributed by atoms with Gasteiger partial charge in [0.1, 0.15) is 12.1 Å². The van der Waals surface area contributed by atoms with E-state index < -0.39 is 0 Å². The quantitative estimate of drug-likeness (QED) is 0.430. The van der Waals surface area contributed by atoms with Gasteiger partial charge < -0.3 is 4.90 Å². The number of aromatic nitrogens is 6. The van der Waals surface area contributed by atoms with E-state index in [9.17, 15) is 0 Å². The van der Waals surface area contributed by atoms with Gasteiger partial charge in [0, 0.05) is 32.1 Å². The second kappa shape index (κ2) is 7.16. The fourth-order valence-electron chi connectivity index (χ4n) is 2.49. The maximum absolute atomic E-state index is 4.36. The van der Waals surface area contributed by atoms with Gasteiger partial charge in [-0.15, -0.1) is 0 Å². The highest BCUT2D eigenvalue weighted by molar-refractivity contribution is 5.87. The number of nitrogens with one attached hydrogen (secondary N) is 1. The standard InChI is InChI=1S/C18H17N9/c1-26(2)15-7-6-13(9-20-15)10-23-25-17-14-11-24-27(18(14)22-12-21-17)16-5-3-4-8-19-16/h3-12H,1-2H3,(H,21,22,25). The first-order valence-electron chi connectivity index (χ1n) is 8.25. The molecule has 1 N–H and O–H groups in total. The highest BCUT2D eigenvalue weighted by atomic mass is 15.4. The zero-order valence-corrected chi connectivity index (χ0v) is 14.9. The summed E-state index contributed by atoms with van der Waals surface area (Å²) in [4.78, 5) is 19.2. The molecule has 0 saturated heterocycles. The number of pyridine rings is 2. The summed E-state index contributed by atoms with van der Waals surface area (Å²) in [7, 11) is 3.90. The first-order valence-corrected chi connectivity index (χ1v) is 8.25. The number of rotatable bonds is 5. The number of fused-ring (bicyclic) bond motifs is 1. The Kier molecular flexibility index (Phi) is 4.40. The van der Waals surface area contributed by atoms with Crippen molar-refractivity contribution < 1.29 is 0 Å². The lowest BCUT2D eigenvalue weighted by molar-refractivity contribution is 0.861. The fraction of sp³-hybridized carbons (Fsp3) is 0.111. The molecule has 4 rings (SSSR count). The van der Waals surface area contributed by atoms with E-state index in [1.165, 1.54) is 6.33 Å². The van der Waals surface area contributed by atoms with Crippen LogP contribution in [0.3, 0.4) is 0 Å². The molecule has 0 bridgehead atoms. The lowest BCUT2D eigenvalue weighted by Crippen LogP contribution is -2.10. The lowest BCUT2D eigenvalue weighted by Gasteiger charge is -2.10. The van der Waals surface area contributed by atoms with E-state index in [0.717, 1.165) is 16.8 Å². The third-order valence-electron chi connectivity index (χ3n) is 3.85. The molecule has 4 aromatic rings. The molecule has 0 fully saturated rings. The summed E-state index contributed by atoms with van der Waals surface area (Å²) >= 11 is 0. The van der Waals surface area contributed by atoms with Crippen molar-refractivity contribution in [2.75, 3.05) is 24.4 Å². The molecule has 0 aliphatic heterocycles. The van der Waals surface area contributed by atoms with Crippen LogP contribution in [0.25, 0.3) is 16.9 Å². The molecule has 0 radical (unpaired) electrons. The van der Waals surface area contributed by atoms with Gasteiger partial charge in [0.2, 0.25) is 0 Å². The summed E-state index contributed by atoms with van der Waals surface area (Å²) in [6.45, 7) is 0. The third-order valence-corrected chi connectivity index (χ3v) is 3.85. The Balaban J connectivity index is 1.57. The zero-order valence-electron chi connectivity index (χ0n) is 14.9. The second-order valence-electron chi connectivity index (χ2n) is 5.92. The van der Waals surface area contributed by atoms with Crippen LogP contribution < -0.4 is 10.3 Å². The van der Waals surface area contributed by atoms with Crippen LogP contribution in [0.15, 0.2) is 60.4 Å². The van der Waals surface area contributed by atoms with E-state index in [1.807, 2.05) is 49.3 Å². The van der Waals surface area contributed by atoms with Crippen LogP contribution in [0, 0.1) is 0 Å². The van der Waals surface area contributed by atoms with Crippen LogP contribution >= 0.6 is 0 Å². The molecular formula is C18H17N9. The van der Waals surface area contributed by atoms with Crippen LogP contribution in [0.5, 0.6) is 0 Å². The van der Waals surface area contributed by atoms with Crippen LogP contribution in [0.1, 0.15) is 5.56 Å². The summed E-state index contributed by atoms with van der Waals surface area (Å²) in [5.41, 5.74) is 4.47. The van der Waals surface area contributed by atoms with E-state index >= 15 is 0 Å². The highest BCUT2D eigenvalue weighted by Crippen LogP contribution is 2.20. The van der Waals surface area contributed by atoms with Crippen molar-refractivity contribution in [2.24, 2.45) is 5.10 Å². The lowest BCUT2D eigenvalue weighted by atomic mass is 10.3. The molecule has 9 heteroatoms. The number of nitrogens with zero attached hydrogens (tertiary/aromatic N) is 8. The van der Waals surface area contributed by atoms with Crippen molar-refractivity contribution in [1.29, 1.82) is 0 Å². The largest absolute Gasteiger partial charge is 0.363 e. The van der Waals surface area contributed by atoms with E-state index in [0.29, 0.717) is 17.3 Å². The average molecular weight is 359 g/mol. The molecule has 0 atom stereocenters. The Bertz CT molecular complexity index is 1070. The van der Waals surface area contributed by atoms with Crippen molar-refractivity contribution >= 4 is 28.9 Å². The smallest absolute Gasteiger partial charge is 0.170 e. The van der Waals surface area contributed by atoms with Gasteiger partial charge in [-0.3, -0.25) is 5.43 Å². The Labute approximate surface area is 155 Å². The molecular weight excluding hydrogens is 342 g/mol. The van der Waals surface area contributed by atoms with Gasteiger partial charge in [0.05, 0.1) is 17.8 Å². The molecule has 0 amide bonds. The summed E-state index contributed by atoms with van der Waals surface area (Å²) in [5, 5.41) is 9.36. The highest BCUT2D eigenvalue weighted by Gasteiger charge is 2.11. The first kappa shape index (κ1) is 16.6. The van der Waals surface area contributed by atoms with Gasteiger partial charge >= 0.3 is 0 Å². The van der Waals surface area contributed by atoms with Crippen molar-refractivity contribution in [3.05, 3.63) is 60.8 Å². The molecule has 0 aliphatic carbocycles. The van der Waals surface area contributed by atoms with E-state index in [2.05, 4.69) is 35.6 Å². The van der Waals surface area contributed by atoms with Crippen LogP contribution in [-0.4, -0.2) is 50.0 Å². The number of anilines is 2. The molecule has 0 aliphatic rings. The second-order valence-corrected chi connectivity index (χ2v) is 5.92. The summed E-state index contributed by atoms with van der Waals surface area (Å²) < 4.78 is 1.66. The van der Waals surface area contributed by atoms with Crippen molar-refractivity contribution in [3.63, 3.8) is 0 Å². The molecule has 4 heterocycles. The molecule has 9 nitrogen and oxygen atoms in total. The molecule has 0 unspecified atom stereocenters. The molecule has 4 aromatic heterocycles. The summed E-state index contributed by atoms with van der Waals surface area (Å²) in [6, 6.07) is 9.50. The van der Waals surface area contributed by atoms with Gasteiger partial charge in [-0.1, -0.05) is 6.07 Å². The summed E-state index contributed by atoms with van der Waals surface area (Å²) in [6.07, 6.45) is 8.31. The summed E-state index contributed by atoms with van der Waals surface area (Å²) in [5.74, 6) is 2.14. The monoisotopic (exact) mass is 359 g/mol. The van der Waals surface area contributed by atoms with Gasteiger partial charge in [0.25, 0.3) is 0 Å². The van der Waals surface area contributed by atoms with E-state index in [4.69, 9.17) is 0 Å². The average Bonchev–Trinajstić information content (AvgIpc) is 3.14. The Morgan fingerprint density at radius 3 is 2.70 bits per heavy atom. The fourth-order valence-corrected chi connectivity index (χ4v) is 2.49. The Morgan fingerprint density at radius 2 is 1.96 bits per heavy atom. The molecule has 0 saturated carbocycles. The van der Waals surface area contributed by atoms with Gasteiger partial charge in [-0.05, 0) is 24.3 Å². The number of hydrogen-bond donors (Lipinski definition) is 1. The van der Waals surface area contributed by atoms with Gasteiger partial charge in [0.15, 0.2) is 17.3 Å².